The molecule has 1 unspecified atom stereocenters. The van der Waals surface area contributed by atoms with Crippen LogP contribution in [-0.2, 0) is 15.3 Å². The fraction of sp³-hybridized carbons (Fsp3) is 0.286. The summed E-state index contributed by atoms with van der Waals surface area (Å²) in [5, 5.41) is 5.04. The van der Waals surface area contributed by atoms with Crippen LogP contribution in [0.5, 0.6) is 0 Å². The molecule has 1 heterocycles. The van der Waals surface area contributed by atoms with Crippen LogP contribution in [0.15, 0.2) is 54.6 Å². The summed E-state index contributed by atoms with van der Waals surface area (Å²) in [6.07, 6.45) is 2.99. The molecule has 0 spiro atoms. The molecule has 1 aliphatic heterocycles. The van der Waals surface area contributed by atoms with Crippen LogP contribution < -0.4 is 0 Å². The normalized spacial score (nSPS) is 18.5. The zero-order valence-corrected chi connectivity index (χ0v) is 14.4. The van der Waals surface area contributed by atoms with E-state index in [4.69, 9.17) is 4.74 Å². The van der Waals surface area contributed by atoms with Crippen LogP contribution in [0.1, 0.15) is 24.8 Å². The number of benzene rings is 3. The van der Waals surface area contributed by atoms with Crippen molar-refractivity contribution in [3.05, 3.63) is 60.2 Å². The average molecular weight is 336 g/mol. The number of cyclic esters (lactones) is 1. The standard InChI is InChI=1S/C21H20O2S/c22-21-20(10-3-4-11-23-21)24-14-18-9-5-8-17-12-15-6-1-2-7-16(15)13-19(17)18/h1-2,5-9,12-13,20H,3-4,10-11,14H2. The summed E-state index contributed by atoms with van der Waals surface area (Å²) in [6.45, 7) is 0.580. The molecule has 1 fully saturated rings. The van der Waals surface area contributed by atoms with E-state index in [0.29, 0.717) is 6.61 Å². The number of thioether (sulfide) groups is 1. The maximum absolute atomic E-state index is 12.0. The largest absolute Gasteiger partial charge is 0.465 e. The van der Waals surface area contributed by atoms with Crippen molar-refractivity contribution in [2.75, 3.05) is 6.61 Å². The summed E-state index contributed by atoms with van der Waals surface area (Å²) in [6, 6.07) is 19.4. The van der Waals surface area contributed by atoms with E-state index in [1.54, 1.807) is 11.8 Å². The van der Waals surface area contributed by atoms with E-state index in [1.165, 1.54) is 27.1 Å². The Bertz CT molecular complexity index is 887. The molecule has 0 N–H and O–H groups in total. The number of carbonyl (C=O) groups is 1. The average Bonchev–Trinajstić information content (AvgIpc) is 2.82. The van der Waals surface area contributed by atoms with Gasteiger partial charge in [0, 0.05) is 5.75 Å². The highest BCUT2D eigenvalue weighted by molar-refractivity contribution is 7.99. The monoisotopic (exact) mass is 336 g/mol. The van der Waals surface area contributed by atoms with Gasteiger partial charge in [-0.15, -0.1) is 11.8 Å². The predicted molar refractivity (Wildman–Crippen MR) is 101 cm³/mol. The van der Waals surface area contributed by atoms with E-state index < -0.39 is 0 Å². The van der Waals surface area contributed by atoms with Crippen molar-refractivity contribution < 1.29 is 9.53 Å². The second kappa shape index (κ2) is 6.86. The van der Waals surface area contributed by atoms with Gasteiger partial charge in [-0.2, -0.15) is 0 Å². The van der Waals surface area contributed by atoms with E-state index >= 15 is 0 Å². The van der Waals surface area contributed by atoms with Crippen LogP contribution in [0.25, 0.3) is 21.5 Å². The van der Waals surface area contributed by atoms with Crippen LogP contribution in [-0.4, -0.2) is 17.8 Å². The zero-order chi connectivity index (χ0) is 16.4. The van der Waals surface area contributed by atoms with Gasteiger partial charge >= 0.3 is 5.97 Å². The predicted octanol–water partition coefficient (Wildman–Crippen LogP) is 5.32. The summed E-state index contributed by atoms with van der Waals surface area (Å²) < 4.78 is 5.29. The van der Waals surface area contributed by atoms with E-state index in [1.807, 2.05) is 0 Å². The number of ether oxygens (including phenoxy) is 1. The minimum absolute atomic E-state index is 0.0248. The lowest BCUT2D eigenvalue weighted by Crippen LogP contribution is -2.18. The summed E-state index contributed by atoms with van der Waals surface area (Å²) in [5.74, 6) is 0.804. The molecule has 2 nitrogen and oxygen atoms in total. The van der Waals surface area contributed by atoms with Crippen LogP contribution in [0, 0.1) is 0 Å². The highest BCUT2D eigenvalue weighted by Gasteiger charge is 2.23. The Morgan fingerprint density at radius 2 is 1.75 bits per heavy atom. The van der Waals surface area contributed by atoms with Gasteiger partial charge in [0.2, 0.25) is 0 Å². The molecule has 1 saturated heterocycles. The quantitative estimate of drug-likeness (QED) is 0.478. The lowest BCUT2D eigenvalue weighted by atomic mass is 10.0. The molecule has 0 radical (unpaired) electrons. The summed E-state index contributed by atoms with van der Waals surface area (Å²) in [5.41, 5.74) is 1.29. The van der Waals surface area contributed by atoms with E-state index in [0.717, 1.165) is 25.0 Å². The van der Waals surface area contributed by atoms with E-state index in [-0.39, 0.29) is 11.2 Å². The lowest BCUT2D eigenvalue weighted by molar-refractivity contribution is -0.142. The van der Waals surface area contributed by atoms with Gasteiger partial charge in [0.15, 0.2) is 0 Å². The number of esters is 1. The first kappa shape index (κ1) is 15.5. The minimum Gasteiger partial charge on any atom is -0.465 e. The molecule has 24 heavy (non-hydrogen) atoms. The number of fused-ring (bicyclic) bond motifs is 2. The van der Waals surface area contributed by atoms with Gasteiger partial charge in [0.25, 0.3) is 0 Å². The lowest BCUT2D eigenvalue weighted by Gasteiger charge is -2.13. The molecule has 0 aromatic heterocycles. The Balaban J connectivity index is 1.63. The second-order valence-electron chi connectivity index (χ2n) is 6.30. The van der Waals surface area contributed by atoms with Crippen molar-refractivity contribution in [1.82, 2.24) is 0 Å². The zero-order valence-electron chi connectivity index (χ0n) is 13.5. The Hall–Kier alpha value is -2.00. The number of carbonyl (C=O) groups excluding carboxylic acids is 1. The van der Waals surface area contributed by atoms with Gasteiger partial charge < -0.3 is 4.74 Å². The van der Waals surface area contributed by atoms with Gasteiger partial charge in [-0.1, -0.05) is 42.5 Å². The third kappa shape index (κ3) is 3.13. The first-order valence-electron chi connectivity index (χ1n) is 8.50. The molecule has 1 atom stereocenters. The fourth-order valence-electron chi connectivity index (χ4n) is 3.31. The molecular weight excluding hydrogens is 316 g/mol. The number of hydrogen-bond acceptors (Lipinski definition) is 3. The maximum atomic E-state index is 12.0. The topological polar surface area (TPSA) is 26.3 Å². The fourth-order valence-corrected chi connectivity index (χ4v) is 4.48. The highest BCUT2D eigenvalue weighted by Crippen LogP contribution is 2.31. The molecule has 0 amide bonds. The van der Waals surface area contributed by atoms with Crippen LogP contribution in [0.4, 0.5) is 0 Å². The van der Waals surface area contributed by atoms with Gasteiger partial charge in [0.05, 0.1) is 6.61 Å². The summed E-state index contributed by atoms with van der Waals surface area (Å²) in [4.78, 5) is 12.0. The summed E-state index contributed by atoms with van der Waals surface area (Å²) >= 11 is 1.72. The molecule has 3 aromatic carbocycles. The molecule has 0 saturated carbocycles. The number of hydrogen-bond donors (Lipinski definition) is 0. The van der Waals surface area contributed by atoms with Crippen LogP contribution in [0.2, 0.25) is 0 Å². The molecular formula is C21H20O2S. The van der Waals surface area contributed by atoms with Crippen molar-refractivity contribution in [2.45, 2.75) is 30.3 Å². The van der Waals surface area contributed by atoms with Gasteiger partial charge in [-0.25, -0.2) is 0 Å². The molecule has 0 bridgehead atoms. The second-order valence-corrected chi connectivity index (χ2v) is 7.49. The molecule has 122 valence electrons. The van der Waals surface area contributed by atoms with Crippen molar-refractivity contribution in [3.63, 3.8) is 0 Å². The van der Waals surface area contributed by atoms with Crippen molar-refractivity contribution in [2.24, 2.45) is 0 Å². The Morgan fingerprint density at radius 1 is 0.958 bits per heavy atom. The first-order chi connectivity index (χ1) is 11.8. The summed E-state index contributed by atoms with van der Waals surface area (Å²) in [7, 11) is 0. The van der Waals surface area contributed by atoms with E-state index in [9.17, 15) is 4.79 Å². The van der Waals surface area contributed by atoms with Crippen LogP contribution >= 0.6 is 11.8 Å². The van der Waals surface area contributed by atoms with Crippen molar-refractivity contribution in [3.8, 4) is 0 Å². The van der Waals surface area contributed by atoms with Gasteiger partial charge in [0.1, 0.15) is 5.25 Å². The molecule has 1 aliphatic rings. The number of rotatable bonds is 3. The minimum atomic E-state index is -0.0387. The Labute approximate surface area is 146 Å². The van der Waals surface area contributed by atoms with Crippen LogP contribution in [0.3, 0.4) is 0 Å². The van der Waals surface area contributed by atoms with E-state index in [2.05, 4.69) is 54.6 Å². The van der Waals surface area contributed by atoms with Crippen molar-refractivity contribution >= 4 is 39.3 Å². The maximum Gasteiger partial charge on any atom is 0.319 e. The highest BCUT2D eigenvalue weighted by atomic mass is 32.2. The van der Waals surface area contributed by atoms with Gasteiger partial charge in [-0.05, 0) is 58.5 Å². The smallest absolute Gasteiger partial charge is 0.319 e. The Kier molecular flexibility index (Phi) is 4.44. The SMILES string of the molecule is O=C1OCCCCC1SCc1cccc2cc3ccccc3cc12. The molecule has 0 aliphatic carbocycles. The first-order valence-corrected chi connectivity index (χ1v) is 9.55. The third-order valence-corrected chi connectivity index (χ3v) is 5.95. The van der Waals surface area contributed by atoms with Gasteiger partial charge in [-0.3, -0.25) is 4.79 Å². The molecule has 3 aromatic rings. The Morgan fingerprint density at radius 3 is 2.62 bits per heavy atom. The van der Waals surface area contributed by atoms with Crippen molar-refractivity contribution in [1.29, 1.82) is 0 Å². The third-order valence-electron chi connectivity index (χ3n) is 4.64. The molecule has 4 rings (SSSR count). The molecule has 3 heteroatoms.